The minimum absolute atomic E-state index is 0.0709. The SMILES string of the molecule is Cc1cc(C)c(S(=O)(=O)N(Cc2ccc(OS(=O)(=O)c3ccc(F)cc3)cc2)CC(C)C)c(C)c1. The van der Waals surface area contributed by atoms with E-state index in [1.54, 1.807) is 26.0 Å². The van der Waals surface area contributed by atoms with E-state index in [2.05, 4.69) is 0 Å². The van der Waals surface area contributed by atoms with E-state index in [0.29, 0.717) is 28.1 Å². The molecule has 0 aliphatic heterocycles. The van der Waals surface area contributed by atoms with Crippen LogP contribution in [0.3, 0.4) is 0 Å². The van der Waals surface area contributed by atoms with E-state index >= 15 is 0 Å². The highest BCUT2D eigenvalue weighted by Gasteiger charge is 2.29. The first kappa shape index (κ1) is 26.8. The minimum Gasteiger partial charge on any atom is -0.379 e. The van der Waals surface area contributed by atoms with Gasteiger partial charge in [-0.15, -0.1) is 0 Å². The van der Waals surface area contributed by atoms with Crippen molar-refractivity contribution in [2.24, 2.45) is 5.92 Å². The van der Waals surface area contributed by atoms with E-state index in [4.69, 9.17) is 4.18 Å². The summed E-state index contributed by atoms with van der Waals surface area (Å²) in [5, 5.41) is 0. The molecule has 0 aromatic heterocycles. The molecule has 0 N–H and O–H groups in total. The predicted octanol–water partition coefficient (Wildman–Crippen LogP) is 5.37. The maximum atomic E-state index is 13.7. The molecule has 0 bridgehead atoms. The van der Waals surface area contributed by atoms with Crippen molar-refractivity contribution in [3.8, 4) is 5.75 Å². The molecule has 0 unspecified atom stereocenters. The summed E-state index contributed by atoms with van der Waals surface area (Å²) >= 11 is 0. The van der Waals surface area contributed by atoms with E-state index in [-0.39, 0.29) is 23.1 Å². The van der Waals surface area contributed by atoms with Crippen LogP contribution in [0.1, 0.15) is 36.1 Å². The highest BCUT2D eigenvalue weighted by Crippen LogP contribution is 2.28. The Balaban J connectivity index is 1.85. The van der Waals surface area contributed by atoms with Gasteiger partial charge in [-0.25, -0.2) is 12.8 Å². The monoisotopic (exact) mass is 519 g/mol. The smallest absolute Gasteiger partial charge is 0.339 e. The zero-order valence-electron chi connectivity index (χ0n) is 20.4. The summed E-state index contributed by atoms with van der Waals surface area (Å²) in [6.07, 6.45) is 0. The van der Waals surface area contributed by atoms with Gasteiger partial charge in [0.1, 0.15) is 16.5 Å². The van der Waals surface area contributed by atoms with Gasteiger partial charge in [0.05, 0.1) is 4.90 Å². The second-order valence-electron chi connectivity index (χ2n) is 9.05. The van der Waals surface area contributed by atoms with Crippen LogP contribution in [0.4, 0.5) is 4.39 Å². The summed E-state index contributed by atoms with van der Waals surface area (Å²) in [7, 11) is -7.90. The van der Waals surface area contributed by atoms with Crippen molar-refractivity contribution in [3.05, 3.63) is 88.7 Å². The normalized spacial score (nSPS) is 12.3. The Labute approximate surface area is 207 Å². The van der Waals surface area contributed by atoms with Gasteiger partial charge in [0, 0.05) is 13.1 Å². The van der Waals surface area contributed by atoms with E-state index in [1.165, 1.54) is 16.4 Å². The largest absolute Gasteiger partial charge is 0.379 e. The summed E-state index contributed by atoms with van der Waals surface area (Å²) in [5.41, 5.74) is 3.08. The number of halogens is 1. The number of aryl methyl sites for hydroxylation is 3. The minimum atomic E-state index is -4.13. The number of nitrogens with zero attached hydrogens (tertiary/aromatic N) is 1. The van der Waals surface area contributed by atoms with Gasteiger partial charge in [0.15, 0.2) is 0 Å². The average Bonchev–Trinajstić information content (AvgIpc) is 2.73. The highest BCUT2D eigenvalue weighted by atomic mass is 32.2. The van der Waals surface area contributed by atoms with Crippen molar-refractivity contribution >= 4 is 20.1 Å². The van der Waals surface area contributed by atoms with Crippen LogP contribution < -0.4 is 4.18 Å². The van der Waals surface area contributed by atoms with E-state index in [9.17, 15) is 21.2 Å². The average molecular weight is 520 g/mol. The maximum Gasteiger partial charge on any atom is 0.339 e. The zero-order valence-corrected chi connectivity index (χ0v) is 22.1. The van der Waals surface area contributed by atoms with Crippen molar-refractivity contribution in [3.63, 3.8) is 0 Å². The highest BCUT2D eigenvalue weighted by molar-refractivity contribution is 7.89. The van der Waals surface area contributed by atoms with Gasteiger partial charge in [0.2, 0.25) is 10.0 Å². The van der Waals surface area contributed by atoms with Gasteiger partial charge in [-0.3, -0.25) is 0 Å². The molecule has 0 fully saturated rings. The lowest BCUT2D eigenvalue weighted by Gasteiger charge is -2.26. The van der Waals surface area contributed by atoms with Crippen LogP contribution >= 0.6 is 0 Å². The number of benzene rings is 3. The third-order valence-corrected chi connectivity index (χ3v) is 8.74. The number of hydrogen-bond acceptors (Lipinski definition) is 5. The molecule has 0 aliphatic rings. The molecular weight excluding hydrogens is 489 g/mol. The molecule has 3 rings (SSSR count). The molecule has 0 spiro atoms. The molecule has 0 saturated heterocycles. The number of hydrogen-bond donors (Lipinski definition) is 0. The van der Waals surface area contributed by atoms with E-state index in [0.717, 1.165) is 29.8 Å². The Morgan fingerprint density at radius 3 is 1.91 bits per heavy atom. The molecule has 0 radical (unpaired) electrons. The van der Waals surface area contributed by atoms with Crippen molar-refractivity contribution in [2.45, 2.75) is 51.0 Å². The summed E-state index contributed by atoms with van der Waals surface area (Å²) in [4.78, 5) is 0.148. The summed E-state index contributed by atoms with van der Waals surface area (Å²) in [6.45, 7) is 9.89. The lowest BCUT2D eigenvalue weighted by molar-refractivity contribution is 0.361. The van der Waals surface area contributed by atoms with Crippen LogP contribution in [0.5, 0.6) is 5.75 Å². The van der Waals surface area contributed by atoms with Crippen LogP contribution in [-0.4, -0.2) is 27.7 Å². The van der Waals surface area contributed by atoms with Crippen molar-refractivity contribution in [2.75, 3.05) is 6.54 Å². The Hall–Kier alpha value is -2.75. The quantitative estimate of drug-likeness (QED) is 0.355. The zero-order chi connectivity index (χ0) is 26.0. The fraction of sp³-hybridized carbons (Fsp3) is 0.308. The molecule has 35 heavy (non-hydrogen) atoms. The lowest BCUT2D eigenvalue weighted by Crippen LogP contribution is -2.34. The number of rotatable bonds is 9. The van der Waals surface area contributed by atoms with E-state index in [1.807, 2.05) is 32.9 Å². The van der Waals surface area contributed by atoms with Gasteiger partial charge in [-0.05, 0) is 79.8 Å². The molecule has 0 heterocycles. The van der Waals surface area contributed by atoms with Gasteiger partial charge in [-0.1, -0.05) is 43.7 Å². The second-order valence-corrected chi connectivity index (χ2v) is 12.5. The standard InChI is InChI=1S/C26H30FNO5S2/c1-18(2)16-28(34(29,30)26-20(4)14-19(3)15-21(26)5)17-22-6-10-24(11-7-22)33-35(31,32)25-12-8-23(27)9-13-25/h6-15,18H,16-17H2,1-5H3. The Morgan fingerprint density at radius 2 is 1.40 bits per heavy atom. The van der Waals surface area contributed by atoms with Crippen LogP contribution in [0, 0.1) is 32.5 Å². The summed E-state index contributed by atoms with van der Waals surface area (Å²) in [6, 6.07) is 14.3. The predicted molar refractivity (Wildman–Crippen MR) is 134 cm³/mol. The molecule has 3 aromatic rings. The van der Waals surface area contributed by atoms with Gasteiger partial charge < -0.3 is 4.18 Å². The number of sulfonamides is 1. The molecule has 0 aliphatic carbocycles. The van der Waals surface area contributed by atoms with Gasteiger partial charge in [0.25, 0.3) is 0 Å². The molecule has 188 valence electrons. The fourth-order valence-corrected chi connectivity index (χ4v) is 6.92. The second kappa shape index (κ2) is 10.5. The van der Waals surface area contributed by atoms with Gasteiger partial charge >= 0.3 is 10.1 Å². The van der Waals surface area contributed by atoms with Gasteiger partial charge in [-0.2, -0.15) is 12.7 Å². The summed E-state index contributed by atoms with van der Waals surface area (Å²) < 4.78 is 71.9. The summed E-state index contributed by atoms with van der Waals surface area (Å²) in [5.74, 6) is -0.383. The third kappa shape index (κ3) is 6.48. The Kier molecular flexibility index (Phi) is 8.03. The first-order valence-corrected chi connectivity index (χ1v) is 14.0. The molecule has 3 aromatic carbocycles. The van der Waals surface area contributed by atoms with Crippen molar-refractivity contribution < 1.29 is 25.4 Å². The molecule has 9 heteroatoms. The molecule has 0 amide bonds. The molecule has 0 atom stereocenters. The molecule has 6 nitrogen and oxygen atoms in total. The third-order valence-electron chi connectivity index (χ3n) is 5.36. The van der Waals surface area contributed by atoms with Crippen molar-refractivity contribution in [1.29, 1.82) is 0 Å². The van der Waals surface area contributed by atoms with Crippen LogP contribution in [0.2, 0.25) is 0 Å². The van der Waals surface area contributed by atoms with Crippen molar-refractivity contribution in [1.82, 2.24) is 4.31 Å². The van der Waals surface area contributed by atoms with Crippen LogP contribution in [0.25, 0.3) is 0 Å². The fourth-order valence-electron chi connectivity index (χ4n) is 3.99. The first-order chi connectivity index (χ1) is 16.3. The van der Waals surface area contributed by atoms with Crippen LogP contribution in [-0.2, 0) is 26.7 Å². The Bertz CT molecular complexity index is 1380. The Morgan fingerprint density at radius 1 is 0.857 bits per heavy atom. The topological polar surface area (TPSA) is 80.8 Å². The lowest BCUT2D eigenvalue weighted by atomic mass is 10.1. The first-order valence-electron chi connectivity index (χ1n) is 11.2. The van der Waals surface area contributed by atoms with Crippen LogP contribution in [0.15, 0.2) is 70.5 Å². The molecular formula is C26H30FNO5S2. The molecule has 0 saturated carbocycles. The van der Waals surface area contributed by atoms with E-state index < -0.39 is 26.0 Å². The maximum absolute atomic E-state index is 13.7.